The zero-order chi connectivity index (χ0) is 9.68. The second kappa shape index (κ2) is 4.80. The minimum absolute atomic E-state index is 0.461. The molecule has 0 saturated carbocycles. The highest BCUT2D eigenvalue weighted by Crippen LogP contribution is 2.22. The van der Waals surface area contributed by atoms with Crippen molar-refractivity contribution in [2.75, 3.05) is 0 Å². The molecule has 0 aliphatic rings. The first-order chi connectivity index (χ1) is 6.29. The first-order valence-corrected chi connectivity index (χ1v) is 4.76. The minimum atomic E-state index is 0.461. The van der Waals surface area contributed by atoms with Gasteiger partial charge >= 0.3 is 0 Å². The van der Waals surface area contributed by atoms with Gasteiger partial charge in [0.05, 0.1) is 0 Å². The van der Waals surface area contributed by atoms with E-state index in [1.54, 1.807) is 0 Å². The molecule has 0 aliphatic heterocycles. The first kappa shape index (κ1) is 9.97. The predicted molar refractivity (Wildman–Crippen MR) is 54.6 cm³/mol. The van der Waals surface area contributed by atoms with E-state index in [0.29, 0.717) is 11.5 Å². The standard InChI is InChI=1S/C12H15O/c1-3-6-10(2)12-8-5-4-7-11(12)9-13/h4-5,7-8,10H,3,6H2,1-2H3. The van der Waals surface area contributed by atoms with Gasteiger partial charge in [-0.25, -0.2) is 0 Å². The molecule has 0 aromatic heterocycles. The fourth-order valence-electron chi connectivity index (χ4n) is 1.61. The minimum Gasteiger partial charge on any atom is -0.285 e. The predicted octanol–water partition coefficient (Wildman–Crippen LogP) is 3.05. The van der Waals surface area contributed by atoms with Crippen LogP contribution in [0, 0.1) is 0 Å². The van der Waals surface area contributed by atoms with Crippen LogP contribution in [0.25, 0.3) is 0 Å². The Morgan fingerprint density at radius 3 is 2.69 bits per heavy atom. The lowest BCUT2D eigenvalue weighted by atomic mass is 9.93. The highest BCUT2D eigenvalue weighted by molar-refractivity contribution is 5.77. The second-order valence-corrected chi connectivity index (χ2v) is 3.38. The number of hydrogen-bond acceptors (Lipinski definition) is 1. The maximum absolute atomic E-state index is 10.6. The number of rotatable bonds is 4. The van der Waals surface area contributed by atoms with Crippen molar-refractivity contribution in [3.05, 3.63) is 35.4 Å². The lowest BCUT2D eigenvalue weighted by Gasteiger charge is -2.11. The molecule has 69 valence electrons. The van der Waals surface area contributed by atoms with Gasteiger partial charge in [-0.3, -0.25) is 4.79 Å². The van der Waals surface area contributed by atoms with Crippen LogP contribution in [-0.2, 0) is 4.79 Å². The number of benzene rings is 1. The van der Waals surface area contributed by atoms with Gasteiger partial charge in [-0.05, 0) is 17.9 Å². The van der Waals surface area contributed by atoms with E-state index in [1.165, 1.54) is 0 Å². The van der Waals surface area contributed by atoms with Crippen LogP contribution in [0.1, 0.15) is 43.7 Å². The molecule has 1 heteroatoms. The largest absolute Gasteiger partial charge is 0.285 e. The molecule has 0 N–H and O–H groups in total. The van der Waals surface area contributed by atoms with E-state index in [9.17, 15) is 4.79 Å². The summed E-state index contributed by atoms with van der Waals surface area (Å²) < 4.78 is 0. The molecule has 1 rings (SSSR count). The molecule has 1 unspecified atom stereocenters. The molecule has 1 aromatic carbocycles. The molecule has 0 heterocycles. The van der Waals surface area contributed by atoms with Crippen molar-refractivity contribution in [3.8, 4) is 0 Å². The fourth-order valence-corrected chi connectivity index (χ4v) is 1.61. The summed E-state index contributed by atoms with van der Waals surface area (Å²) in [5.74, 6) is 0.461. The quantitative estimate of drug-likeness (QED) is 0.687. The summed E-state index contributed by atoms with van der Waals surface area (Å²) in [6, 6.07) is 7.69. The second-order valence-electron chi connectivity index (χ2n) is 3.38. The van der Waals surface area contributed by atoms with Crippen LogP contribution >= 0.6 is 0 Å². The molecule has 0 aliphatic carbocycles. The van der Waals surface area contributed by atoms with E-state index in [0.717, 1.165) is 18.4 Å². The first-order valence-electron chi connectivity index (χ1n) is 4.76. The van der Waals surface area contributed by atoms with Crippen LogP contribution in [-0.4, -0.2) is 6.29 Å². The van der Waals surface area contributed by atoms with Gasteiger partial charge < -0.3 is 0 Å². The monoisotopic (exact) mass is 175 g/mol. The highest BCUT2D eigenvalue weighted by Gasteiger charge is 2.08. The van der Waals surface area contributed by atoms with Crippen LogP contribution in [0.15, 0.2) is 24.3 Å². The van der Waals surface area contributed by atoms with Gasteiger partial charge in [0.25, 0.3) is 0 Å². The van der Waals surface area contributed by atoms with E-state index in [1.807, 2.05) is 30.6 Å². The summed E-state index contributed by atoms with van der Waals surface area (Å²) in [6.45, 7) is 4.31. The van der Waals surface area contributed by atoms with E-state index in [4.69, 9.17) is 0 Å². The normalized spacial score (nSPS) is 12.5. The SMILES string of the molecule is CCCC(C)c1ccccc1[C]=O. The maximum atomic E-state index is 10.6. The molecule has 1 atom stereocenters. The topological polar surface area (TPSA) is 17.1 Å². The lowest BCUT2D eigenvalue weighted by Crippen LogP contribution is -1.97. The van der Waals surface area contributed by atoms with Gasteiger partial charge in [-0.2, -0.15) is 0 Å². The summed E-state index contributed by atoms with van der Waals surface area (Å²) in [5.41, 5.74) is 1.84. The van der Waals surface area contributed by atoms with E-state index < -0.39 is 0 Å². The number of carbonyl (C=O) groups excluding carboxylic acids is 1. The van der Waals surface area contributed by atoms with Crippen LogP contribution in [0.3, 0.4) is 0 Å². The van der Waals surface area contributed by atoms with Crippen LogP contribution in [0.4, 0.5) is 0 Å². The summed E-state index contributed by atoms with van der Waals surface area (Å²) in [7, 11) is 0. The third-order valence-electron chi connectivity index (χ3n) is 2.32. The molecular weight excluding hydrogens is 160 g/mol. The van der Waals surface area contributed by atoms with Crippen molar-refractivity contribution in [3.63, 3.8) is 0 Å². The van der Waals surface area contributed by atoms with Crippen molar-refractivity contribution >= 4 is 6.29 Å². The molecule has 0 spiro atoms. The van der Waals surface area contributed by atoms with E-state index in [2.05, 4.69) is 13.8 Å². The molecule has 0 bridgehead atoms. The Balaban J connectivity index is 2.91. The van der Waals surface area contributed by atoms with Crippen molar-refractivity contribution in [2.24, 2.45) is 0 Å². The van der Waals surface area contributed by atoms with Crippen molar-refractivity contribution < 1.29 is 4.79 Å². The van der Waals surface area contributed by atoms with Gasteiger partial charge in [-0.15, -0.1) is 0 Å². The highest BCUT2D eigenvalue weighted by atomic mass is 16.1. The zero-order valence-electron chi connectivity index (χ0n) is 8.21. The Morgan fingerprint density at radius 1 is 1.38 bits per heavy atom. The Kier molecular flexibility index (Phi) is 3.69. The average molecular weight is 175 g/mol. The molecule has 0 saturated heterocycles. The summed E-state index contributed by atoms with van der Waals surface area (Å²) in [5, 5.41) is 0. The van der Waals surface area contributed by atoms with Crippen molar-refractivity contribution in [1.82, 2.24) is 0 Å². The molecule has 13 heavy (non-hydrogen) atoms. The molecule has 1 nitrogen and oxygen atoms in total. The third kappa shape index (κ3) is 2.41. The smallest absolute Gasteiger partial charge is 0.233 e. The van der Waals surface area contributed by atoms with Crippen molar-refractivity contribution in [2.45, 2.75) is 32.6 Å². The third-order valence-corrected chi connectivity index (χ3v) is 2.32. The van der Waals surface area contributed by atoms with Crippen molar-refractivity contribution in [1.29, 1.82) is 0 Å². The Labute approximate surface area is 79.8 Å². The van der Waals surface area contributed by atoms with Gasteiger partial charge in [0.15, 0.2) is 0 Å². The van der Waals surface area contributed by atoms with E-state index >= 15 is 0 Å². The van der Waals surface area contributed by atoms with Gasteiger partial charge in [-0.1, -0.05) is 44.5 Å². The summed E-state index contributed by atoms with van der Waals surface area (Å²) >= 11 is 0. The fraction of sp³-hybridized carbons (Fsp3) is 0.417. The van der Waals surface area contributed by atoms with E-state index in [-0.39, 0.29) is 0 Å². The van der Waals surface area contributed by atoms with Crippen LogP contribution < -0.4 is 0 Å². The molecular formula is C12H15O. The Hall–Kier alpha value is -1.11. The lowest BCUT2D eigenvalue weighted by molar-refractivity contribution is 0.561. The Morgan fingerprint density at radius 2 is 2.08 bits per heavy atom. The van der Waals surface area contributed by atoms with Crippen LogP contribution in [0.2, 0.25) is 0 Å². The zero-order valence-corrected chi connectivity index (χ0v) is 8.21. The molecule has 0 amide bonds. The molecule has 1 aromatic rings. The van der Waals surface area contributed by atoms with Gasteiger partial charge in [0.1, 0.15) is 0 Å². The van der Waals surface area contributed by atoms with Crippen LogP contribution in [0.5, 0.6) is 0 Å². The average Bonchev–Trinajstić information content (AvgIpc) is 2.18. The molecule has 1 radical (unpaired) electrons. The summed E-state index contributed by atoms with van der Waals surface area (Å²) in [4.78, 5) is 10.6. The summed E-state index contributed by atoms with van der Waals surface area (Å²) in [6.07, 6.45) is 4.26. The Bertz CT molecular complexity index is 278. The van der Waals surface area contributed by atoms with Gasteiger partial charge in [0, 0.05) is 5.56 Å². The molecule has 0 fully saturated rings. The van der Waals surface area contributed by atoms with Gasteiger partial charge in [0.2, 0.25) is 6.29 Å². The maximum Gasteiger partial charge on any atom is 0.233 e. The number of hydrogen-bond donors (Lipinski definition) is 0.